The van der Waals surface area contributed by atoms with Crippen molar-refractivity contribution in [2.45, 2.75) is 18.9 Å². The number of urea groups is 1. The number of aliphatic hydroxyl groups is 1. The van der Waals surface area contributed by atoms with E-state index in [1.807, 2.05) is 0 Å². The van der Waals surface area contributed by atoms with Gasteiger partial charge in [0.1, 0.15) is 5.58 Å². The molecule has 1 aromatic heterocycles. The molecule has 2 amide bonds. The van der Waals surface area contributed by atoms with Crippen molar-refractivity contribution in [1.29, 1.82) is 0 Å². The number of hydrogen-bond acceptors (Lipinski definition) is 4. The van der Waals surface area contributed by atoms with Crippen LogP contribution in [0.4, 0.5) is 10.5 Å². The van der Waals surface area contributed by atoms with Gasteiger partial charge in [-0.05, 0) is 37.1 Å². The first-order valence-electron chi connectivity index (χ1n) is 6.90. The fourth-order valence-corrected chi connectivity index (χ4v) is 2.64. The molecule has 3 rings (SSSR count). The minimum Gasteiger partial charge on any atom is -0.423 e. The zero-order valence-corrected chi connectivity index (χ0v) is 11.4. The Morgan fingerprint density at radius 3 is 3.05 bits per heavy atom. The average molecular weight is 288 g/mol. The number of carbonyl (C=O) groups excluding carboxylic acids is 1. The number of nitrogens with one attached hydrogen (secondary N) is 1. The Hall–Kier alpha value is -2.34. The Bertz CT molecular complexity index is 725. The lowest BCUT2D eigenvalue weighted by Crippen LogP contribution is -2.40. The van der Waals surface area contributed by atoms with Gasteiger partial charge in [-0.25, -0.2) is 9.59 Å². The van der Waals surface area contributed by atoms with Crippen molar-refractivity contribution in [1.82, 2.24) is 4.90 Å². The van der Waals surface area contributed by atoms with Crippen molar-refractivity contribution in [3.8, 4) is 0 Å². The van der Waals surface area contributed by atoms with Crippen LogP contribution in [-0.2, 0) is 0 Å². The molecule has 6 nitrogen and oxygen atoms in total. The van der Waals surface area contributed by atoms with Gasteiger partial charge in [0.05, 0.1) is 12.6 Å². The fraction of sp³-hybridized carbons (Fsp3) is 0.333. The predicted octanol–water partition coefficient (Wildman–Crippen LogP) is 1.78. The maximum Gasteiger partial charge on any atom is 0.336 e. The Kier molecular flexibility index (Phi) is 3.62. The number of carbonyl (C=O) groups is 1. The highest BCUT2D eigenvalue weighted by Crippen LogP contribution is 2.21. The fourth-order valence-electron chi connectivity index (χ4n) is 2.64. The molecule has 110 valence electrons. The standard InChI is InChI=1S/C15H16N2O4/c18-9-12-2-1-7-17(12)15(20)16-11-4-5-13-10(8-11)3-6-14(19)21-13/h3-6,8,12,18H,1-2,7,9H2,(H,16,20)/t12-/m1/s1. The van der Waals surface area contributed by atoms with Crippen LogP contribution in [0.2, 0.25) is 0 Å². The molecule has 0 radical (unpaired) electrons. The van der Waals surface area contributed by atoms with Crippen molar-refractivity contribution in [3.63, 3.8) is 0 Å². The summed E-state index contributed by atoms with van der Waals surface area (Å²) in [5.41, 5.74) is 0.710. The first-order valence-corrected chi connectivity index (χ1v) is 6.90. The van der Waals surface area contributed by atoms with E-state index in [9.17, 15) is 14.7 Å². The summed E-state index contributed by atoms with van der Waals surface area (Å²) < 4.78 is 5.04. The number of likely N-dealkylation sites (tertiary alicyclic amines) is 1. The molecular formula is C15H16N2O4. The van der Waals surface area contributed by atoms with E-state index >= 15 is 0 Å². The van der Waals surface area contributed by atoms with E-state index in [0.29, 0.717) is 17.8 Å². The van der Waals surface area contributed by atoms with E-state index in [1.54, 1.807) is 29.2 Å². The first-order chi connectivity index (χ1) is 10.2. The molecule has 21 heavy (non-hydrogen) atoms. The second kappa shape index (κ2) is 5.57. The van der Waals surface area contributed by atoms with E-state index < -0.39 is 5.63 Å². The monoisotopic (exact) mass is 288 g/mol. The van der Waals surface area contributed by atoms with Crippen LogP contribution in [0.3, 0.4) is 0 Å². The van der Waals surface area contributed by atoms with Crippen LogP contribution in [0.15, 0.2) is 39.5 Å². The lowest BCUT2D eigenvalue weighted by molar-refractivity contribution is 0.166. The number of fused-ring (bicyclic) bond motifs is 1. The second-order valence-electron chi connectivity index (χ2n) is 5.11. The molecule has 0 unspecified atom stereocenters. The zero-order valence-electron chi connectivity index (χ0n) is 11.4. The molecule has 2 N–H and O–H groups in total. The summed E-state index contributed by atoms with van der Waals surface area (Å²) in [5, 5.41) is 12.8. The number of rotatable bonds is 2. The Morgan fingerprint density at radius 1 is 1.38 bits per heavy atom. The third-order valence-electron chi connectivity index (χ3n) is 3.72. The van der Waals surface area contributed by atoms with Crippen molar-refractivity contribution in [2.75, 3.05) is 18.5 Å². The van der Waals surface area contributed by atoms with E-state index in [1.165, 1.54) is 6.07 Å². The van der Waals surface area contributed by atoms with Crippen LogP contribution in [-0.4, -0.2) is 35.2 Å². The van der Waals surface area contributed by atoms with Gasteiger partial charge in [-0.3, -0.25) is 0 Å². The SMILES string of the molecule is O=C(Nc1ccc2oc(=O)ccc2c1)N1CCC[C@@H]1CO. The van der Waals surface area contributed by atoms with Gasteiger partial charge in [0.15, 0.2) is 0 Å². The van der Waals surface area contributed by atoms with Gasteiger partial charge in [0, 0.05) is 23.7 Å². The van der Waals surface area contributed by atoms with Crippen LogP contribution in [0, 0.1) is 0 Å². The van der Waals surface area contributed by atoms with Crippen molar-refractivity contribution in [3.05, 3.63) is 40.8 Å². The minimum atomic E-state index is -0.401. The molecule has 2 heterocycles. The van der Waals surface area contributed by atoms with Gasteiger partial charge in [-0.2, -0.15) is 0 Å². The van der Waals surface area contributed by atoms with E-state index in [0.717, 1.165) is 18.2 Å². The topological polar surface area (TPSA) is 82.8 Å². The molecule has 1 fully saturated rings. The number of hydrogen-bond donors (Lipinski definition) is 2. The molecular weight excluding hydrogens is 272 g/mol. The number of benzene rings is 1. The summed E-state index contributed by atoms with van der Waals surface area (Å²) in [4.78, 5) is 25.0. The van der Waals surface area contributed by atoms with E-state index in [4.69, 9.17) is 4.42 Å². The summed E-state index contributed by atoms with van der Waals surface area (Å²) in [5.74, 6) is 0. The third kappa shape index (κ3) is 2.75. The summed E-state index contributed by atoms with van der Waals surface area (Å²) in [6, 6.07) is 7.76. The lowest BCUT2D eigenvalue weighted by atomic mass is 10.2. The molecule has 1 saturated heterocycles. The van der Waals surface area contributed by atoms with Gasteiger partial charge < -0.3 is 19.7 Å². The minimum absolute atomic E-state index is 0.0176. The Balaban J connectivity index is 1.80. The highest BCUT2D eigenvalue weighted by molar-refractivity contribution is 5.92. The van der Waals surface area contributed by atoms with Gasteiger partial charge in [-0.15, -0.1) is 0 Å². The highest BCUT2D eigenvalue weighted by Gasteiger charge is 2.27. The Labute approximate surface area is 121 Å². The van der Waals surface area contributed by atoms with Crippen molar-refractivity contribution < 1.29 is 14.3 Å². The van der Waals surface area contributed by atoms with Crippen molar-refractivity contribution in [2.24, 2.45) is 0 Å². The second-order valence-corrected chi connectivity index (χ2v) is 5.11. The summed E-state index contributed by atoms with van der Waals surface area (Å²) in [7, 11) is 0. The molecule has 0 aliphatic carbocycles. The number of nitrogens with zero attached hydrogens (tertiary/aromatic N) is 1. The molecule has 6 heteroatoms. The molecule has 2 aromatic rings. The van der Waals surface area contributed by atoms with Gasteiger partial charge in [-0.1, -0.05) is 0 Å². The smallest absolute Gasteiger partial charge is 0.336 e. The summed E-state index contributed by atoms with van der Waals surface area (Å²) >= 11 is 0. The summed E-state index contributed by atoms with van der Waals surface area (Å²) in [6.07, 6.45) is 1.73. The third-order valence-corrected chi connectivity index (χ3v) is 3.72. The zero-order chi connectivity index (χ0) is 14.8. The van der Waals surface area contributed by atoms with Gasteiger partial charge in [0.25, 0.3) is 0 Å². The molecule has 0 spiro atoms. The molecule has 0 saturated carbocycles. The molecule has 0 bridgehead atoms. The predicted molar refractivity (Wildman–Crippen MR) is 78.3 cm³/mol. The van der Waals surface area contributed by atoms with Crippen LogP contribution in [0.1, 0.15) is 12.8 Å². The van der Waals surface area contributed by atoms with Gasteiger partial charge in [0.2, 0.25) is 0 Å². The number of aliphatic hydroxyl groups excluding tert-OH is 1. The number of anilines is 1. The normalized spacial score (nSPS) is 18.1. The van der Waals surface area contributed by atoms with Gasteiger partial charge >= 0.3 is 11.7 Å². The molecule has 1 aromatic carbocycles. The van der Waals surface area contributed by atoms with Crippen molar-refractivity contribution >= 4 is 22.7 Å². The van der Waals surface area contributed by atoms with Crippen LogP contribution in [0.25, 0.3) is 11.0 Å². The Morgan fingerprint density at radius 2 is 2.24 bits per heavy atom. The van der Waals surface area contributed by atoms with Crippen LogP contribution >= 0.6 is 0 Å². The molecule has 1 atom stereocenters. The molecule has 1 aliphatic heterocycles. The maximum absolute atomic E-state index is 12.2. The van der Waals surface area contributed by atoms with E-state index in [2.05, 4.69) is 5.32 Å². The van der Waals surface area contributed by atoms with Crippen LogP contribution in [0.5, 0.6) is 0 Å². The highest BCUT2D eigenvalue weighted by atomic mass is 16.4. The van der Waals surface area contributed by atoms with Crippen LogP contribution < -0.4 is 10.9 Å². The maximum atomic E-state index is 12.2. The largest absolute Gasteiger partial charge is 0.423 e. The number of amides is 2. The molecule has 1 aliphatic rings. The lowest BCUT2D eigenvalue weighted by Gasteiger charge is -2.23. The summed E-state index contributed by atoms with van der Waals surface area (Å²) in [6.45, 7) is 0.635. The quantitative estimate of drug-likeness (QED) is 0.825. The van der Waals surface area contributed by atoms with E-state index in [-0.39, 0.29) is 18.7 Å². The first kappa shape index (κ1) is 13.6. The average Bonchev–Trinajstić information content (AvgIpc) is 2.96.